The average Bonchev–Trinajstić information content (AvgIpc) is 2.48. The third-order valence-corrected chi connectivity index (χ3v) is 4.04. The molecule has 20 heavy (non-hydrogen) atoms. The topological polar surface area (TPSA) is 88.1 Å². The van der Waals surface area contributed by atoms with Gasteiger partial charge in [0.25, 0.3) is 0 Å². The van der Waals surface area contributed by atoms with Crippen LogP contribution in [0.1, 0.15) is 0 Å². The number of carbonyl (C=O) groups excluding carboxylic acids is 1. The number of aliphatic hydroxyl groups excluding tert-OH is 2. The van der Waals surface area contributed by atoms with Crippen molar-refractivity contribution in [1.82, 2.24) is 20.4 Å². The van der Waals surface area contributed by atoms with E-state index in [9.17, 15) is 4.79 Å². The summed E-state index contributed by atoms with van der Waals surface area (Å²) in [6, 6.07) is -0.330. The van der Waals surface area contributed by atoms with Crippen molar-refractivity contribution in [2.24, 2.45) is 0 Å². The minimum atomic E-state index is -0.165. The van der Waals surface area contributed by atoms with E-state index in [1.54, 1.807) is 0 Å². The molecule has 2 aliphatic heterocycles. The lowest BCUT2D eigenvalue weighted by atomic mass is 10.0. The highest BCUT2D eigenvalue weighted by Crippen LogP contribution is 2.06. The van der Waals surface area contributed by atoms with Crippen LogP contribution < -0.4 is 10.6 Å². The Bertz CT molecular complexity index is 284. The number of β-amino-alcohol motifs (C(OH)–C–C–N with tert-alkyl or cyclic N) is 2. The van der Waals surface area contributed by atoms with Crippen LogP contribution in [0.2, 0.25) is 0 Å². The molecule has 7 nitrogen and oxygen atoms in total. The van der Waals surface area contributed by atoms with Crippen molar-refractivity contribution in [1.29, 1.82) is 0 Å². The number of hydrogen-bond donors (Lipinski definition) is 4. The Hall–Kier alpha value is -0.570. The smallest absolute Gasteiger partial charge is 0.169 e. The molecule has 4 N–H and O–H groups in total. The average molecular weight is 286 g/mol. The number of ketones is 1. The second-order valence-corrected chi connectivity index (χ2v) is 5.46. The fraction of sp³-hybridized carbons (Fsp3) is 0.923. The van der Waals surface area contributed by atoms with Crippen molar-refractivity contribution < 1.29 is 15.0 Å². The van der Waals surface area contributed by atoms with Gasteiger partial charge in [0.15, 0.2) is 5.78 Å². The Balaban J connectivity index is 1.86. The number of rotatable bonds is 6. The van der Waals surface area contributed by atoms with Gasteiger partial charge < -0.3 is 20.8 Å². The molecular formula is C13H26N4O3. The molecule has 0 saturated carbocycles. The maximum atomic E-state index is 12.5. The molecule has 2 heterocycles. The van der Waals surface area contributed by atoms with Gasteiger partial charge in [-0.3, -0.25) is 14.6 Å². The Morgan fingerprint density at radius 2 is 1.40 bits per heavy atom. The monoisotopic (exact) mass is 286 g/mol. The second kappa shape index (κ2) is 8.02. The van der Waals surface area contributed by atoms with Crippen LogP contribution in [0.4, 0.5) is 0 Å². The van der Waals surface area contributed by atoms with E-state index in [2.05, 4.69) is 20.4 Å². The number of nitrogens with zero attached hydrogens (tertiary/aromatic N) is 2. The second-order valence-electron chi connectivity index (χ2n) is 5.46. The summed E-state index contributed by atoms with van der Waals surface area (Å²) in [7, 11) is 0. The fourth-order valence-corrected chi connectivity index (χ4v) is 2.93. The zero-order chi connectivity index (χ0) is 14.4. The maximum Gasteiger partial charge on any atom is 0.169 e. The van der Waals surface area contributed by atoms with Gasteiger partial charge in [-0.15, -0.1) is 0 Å². The molecule has 0 aromatic heterocycles. The molecule has 0 aromatic carbocycles. The number of hydrogen-bond acceptors (Lipinski definition) is 7. The first-order valence-corrected chi connectivity index (χ1v) is 7.41. The molecule has 0 radical (unpaired) electrons. The van der Waals surface area contributed by atoms with Crippen LogP contribution in [-0.4, -0.2) is 103 Å². The van der Waals surface area contributed by atoms with E-state index in [1.165, 1.54) is 0 Å². The van der Waals surface area contributed by atoms with Crippen LogP contribution in [-0.2, 0) is 4.79 Å². The minimum absolute atomic E-state index is 0.132. The number of piperazine rings is 2. The van der Waals surface area contributed by atoms with E-state index in [1.807, 2.05) is 0 Å². The predicted molar refractivity (Wildman–Crippen MR) is 75.6 cm³/mol. The van der Waals surface area contributed by atoms with E-state index in [0.717, 1.165) is 26.2 Å². The number of carbonyl (C=O) groups is 1. The van der Waals surface area contributed by atoms with E-state index in [-0.39, 0.29) is 31.1 Å². The summed E-state index contributed by atoms with van der Waals surface area (Å²) in [4.78, 5) is 16.8. The SMILES string of the molecule is O=C(C1CN(CCO)CCN1)C1CN(CCO)CCN1. The summed E-state index contributed by atoms with van der Waals surface area (Å²) in [5.41, 5.74) is 0. The van der Waals surface area contributed by atoms with Gasteiger partial charge in [-0.2, -0.15) is 0 Å². The first-order valence-electron chi connectivity index (χ1n) is 7.41. The van der Waals surface area contributed by atoms with Gasteiger partial charge in [0.2, 0.25) is 0 Å². The quantitative estimate of drug-likeness (QED) is 0.416. The molecule has 2 saturated heterocycles. The first-order chi connectivity index (χ1) is 9.74. The van der Waals surface area contributed by atoms with E-state index in [4.69, 9.17) is 10.2 Å². The highest BCUT2D eigenvalue weighted by atomic mass is 16.3. The van der Waals surface area contributed by atoms with Gasteiger partial charge in [0, 0.05) is 52.4 Å². The fourth-order valence-electron chi connectivity index (χ4n) is 2.93. The van der Waals surface area contributed by atoms with Crippen LogP contribution in [0.15, 0.2) is 0 Å². The molecule has 2 unspecified atom stereocenters. The van der Waals surface area contributed by atoms with Gasteiger partial charge in [0.05, 0.1) is 25.3 Å². The van der Waals surface area contributed by atoms with Crippen molar-refractivity contribution >= 4 is 5.78 Å². The molecule has 2 atom stereocenters. The van der Waals surface area contributed by atoms with Crippen molar-refractivity contribution in [2.75, 3.05) is 65.6 Å². The van der Waals surface area contributed by atoms with Crippen LogP contribution in [0.25, 0.3) is 0 Å². The number of Topliss-reactive ketones (excluding diaryl/α,β-unsaturated/α-hetero) is 1. The number of nitrogens with one attached hydrogen (secondary N) is 2. The van der Waals surface area contributed by atoms with Crippen molar-refractivity contribution in [3.63, 3.8) is 0 Å². The van der Waals surface area contributed by atoms with Gasteiger partial charge in [-0.25, -0.2) is 0 Å². The van der Waals surface area contributed by atoms with Crippen LogP contribution in [0.3, 0.4) is 0 Å². The lowest BCUT2D eigenvalue weighted by Gasteiger charge is -2.37. The Morgan fingerprint density at radius 3 is 1.80 bits per heavy atom. The molecule has 0 amide bonds. The molecule has 0 aliphatic carbocycles. The molecule has 7 heteroatoms. The molecule has 2 aliphatic rings. The molecule has 2 fully saturated rings. The largest absolute Gasteiger partial charge is 0.395 e. The third kappa shape index (κ3) is 4.21. The van der Waals surface area contributed by atoms with Crippen molar-refractivity contribution in [2.45, 2.75) is 12.1 Å². The number of aliphatic hydroxyl groups is 2. The standard InChI is InChI=1S/C13H26N4O3/c18-7-5-16-3-1-14-11(9-16)13(20)12-10-17(6-8-19)4-2-15-12/h11-12,14-15,18-19H,1-10H2. The highest BCUT2D eigenvalue weighted by Gasteiger charge is 2.32. The highest BCUT2D eigenvalue weighted by molar-refractivity contribution is 5.89. The normalized spacial score (nSPS) is 29.5. The lowest BCUT2D eigenvalue weighted by Crippen LogP contribution is -2.62. The maximum absolute atomic E-state index is 12.5. The lowest BCUT2D eigenvalue weighted by molar-refractivity contribution is -0.125. The summed E-state index contributed by atoms with van der Waals surface area (Å²) < 4.78 is 0. The van der Waals surface area contributed by atoms with E-state index < -0.39 is 0 Å². The van der Waals surface area contributed by atoms with Gasteiger partial charge in [-0.1, -0.05) is 0 Å². The van der Waals surface area contributed by atoms with Crippen molar-refractivity contribution in [3.8, 4) is 0 Å². The van der Waals surface area contributed by atoms with Gasteiger partial charge in [-0.05, 0) is 0 Å². The van der Waals surface area contributed by atoms with E-state index in [0.29, 0.717) is 26.2 Å². The summed E-state index contributed by atoms with van der Waals surface area (Å²) >= 11 is 0. The zero-order valence-corrected chi connectivity index (χ0v) is 11.9. The summed E-state index contributed by atoms with van der Waals surface area (Å²) in [6.07, 6.45) is 0. The summed E-state index contributed by atoms with van der Waals surface area (Å²) in [5.74, 6) is 0.190. The van der Waals surface area contributed by atoms with Crippen molar-refractivity contribution in [3.05, 3.63) is 0 Å². The summed E-state index contributed by atoms with van der Waals surface area (Å²) in [6.45, 7) is 6.15. The molecule has 0 aromatic rings. The predicted octanol–water partition coefficient (Wildman–Crippen LogP) is -2.91. The molecular weight excluding hydrogens is 260 g/mol. The summed E-state index contributed by atoms with van der Waals surface area (Å²) in [5, 5.41) is 24.5. The van der Waals surface area contributed by atoms with E-state index >= 15 is 0 Å². The molecule has 0 spiro atoms. The Labute approximate surface area is 119 Å². The van der Waals surface area contributed by atoms with Gasteiger partial charge in [0.1, 0.15) is 0 Å². The van der Waals surface area contributed by atoms with Crippen LogP contribution in [0.5, 0.6) is 0 Å². The third-order valence-electron chi connectivity index (χ3n) is 4.04. The minimum Gasteiger partial charge on any atom is -0.395 e. The zero-order valence-electron chi connectivity index (χ0n) is 11.9. The molecule has 0 bridgehead atoms. The first kappa shape index (κ1) is 15.8. The van der Waals surface area contributed by atoms with Gasteiger partial charge >= 0.3 is 0 Å². The van der Waals surface area contributed by atoms with Crippen LogP contribution >= 0.6 is 0 Å². The van der Waals surface area contributed by atoms with Crippen LogP contribution in [0, 0.1) is 0 Å². The molecule has 2 rings (SSSR count). The molecule has 116 valence electrons. The Morgan fingerprint density at radius 1 is 0.950 bits per heavy atom. The Kier molecular flexibility index (Phi) is 6.34.